The number of carbonyl (C=O) groups excluding carboxylic acids is 1. The van der Waals surface area contributed by atoms with Gasteiger partial charge in [0.05, 0.1) is 0 Å². The second-order valence-electron chi connectivity index (χ2n) is 3.88. The van der Waals surface area contributed by atoms with Gasteiger partial charge >= 0.3 is 0 Å². The number of halogens is 3. The molecule has 0 aliphatic rings. The lowest BCUT2D eigenvalue weighted by Crippen LogP contribution is -1.91. The van der Waals surface area contributed by atoms with Gasteiger partial charge in [0.15, 0.2) is 0 Å². The van der Waals surface area contributed by atoms with Crippen LogP contribution in [0.4, 0.5) is 0 Å². The first-order chi connectivity index (χ1) is 9.06. The van der Waals surface area contributed by atoms with Crippen LogP contribution in [0.25, 0.3) is 5.57 Å². The van der Waals surface area contributed by atoms with Gasteiger partial charge in [-0.1, -0.05) is 47.5 Å². The van der Waals surface area contributed by atoms with E-state index >= 15 is 0 Å². The number of hydrogen-bond acceptors (Lipinski definition) is 1. The van der Waals surface area contributed by atoms with Crippen molar-refractivity contribution >= 4 is 45.6 Å². The van der Waals surface area contributed by atoms with E-state index in [2.05, 4.69) is 0 Å². The first-order valence-electron chi connectivity index (χ1n) is 5.49. The molecule has 0 saturated carbocycles. The van der Waals surface area contributed by atoms with E-state index in [0.29, 0.717) is 10.0 Å². The van der Waals surface area contributed by atoms with Gasteiger partial charge in [-0.15, -0.1) is 0 Å². The predicted octanol–water partition coefficient (Wildman–Crippen LogP) is 5.19. The summed E-state index contributed by atoms with van der Waals surface area (Å²) >= 11 is 17.2. The molecule has 2 aromatic carbocycles. The molecule has 0 N–H and O–H groups in total. The number of allylic oxidation sites excluding steroid dienone is 1. The molecule has 19 heavy (non-hydrogen) atoms. The van der Waals surface area contributed by atoms with Crippen LogP contribution < -0.4 is 0 Å². The highest BCUT2D eigenvalue weighted by Gasteiger charge is 2.07. The number of carbonyl (C=O) groups is 1. The first kappa shape index (κ1) is 14.1. The molecule has 0 aliphatic heterocycles. The summed E-state index contributed by atoms with van der Waals surface area (Å²) in [4.78, 5) is 11.2. The Kier molecular flexibility index (Phi) is 4.65. The molecule has 0 fully saturated rings. The zero-order chi connectivity index (χ0) is 13.8. The smallest absolute Gasteiger partial charge is 0.245 e. The lowest BCUT2D eigenvalue weighted by atomic mass is 9.98. The molecule has 0 atom stereocenters. The van der Waals surface area contributed by atoms with Gasteiger partial charge in [-0.2, -0.15) is 0 Å². The van der Waals surface area contributed by atoms with Crippen LogP contribution in [-0.4, -0.2) is 5.24 Å². The molecule has 4 heteroatoms. The minimum atomic E-state index is -0.528. The van der Waals surface area contributed by atoms with E-state index in [4.69, 9.17) is 34.8 Å². The number of rotatable bonds is 3. The van der Waals surface area contributed by atoms with E-state index in [-0.39, 0.29) is 0 Å². The van der Waals surface area contributed by atoms with Crippen molar-refractivity contribution in [2.24, 2.45) is 0 Å². The predicted molar refractivity (Wildman–Crippen MR) is 80.8 cm³/mol. The average molecular weight is 312 g/mol. The summed E-state index contributed by atoms with van der Waals surface area (Å²) in [5.41, 5.74) is 2.45. The largest absolute Gasteiger partial charge is 0.276 e. The average Bonchev–Trinajstić information content (AvgIpc) is 2.38. The van der Waals surface area contributed by atoms with Gasteiger partial charge in [-0.3, -0.25) is 4.79 Å². The molecule has 0 unspecified atom stereocenters. The highest BCUT2D eigenvalue weighted by molar-refractivity contribution is 6.67. The van der Waals surface area contributed by atoms with Crippen LogP contribution in [0, 0.1) is 0 Å². The molecule has 2 rings (SSSR count). The highest BCUT2D eigenvalue weighted by Crippen LogP contribution is 2.26. The van der Waals surface area contributed by atoms with Crippen molar-refractivity contribution in [2.45, 2.75) is 0 Å². The van der Waals surface area contributed by atoms with Crippen molar-refractivity contribution in [1.29, 1.82) is 0 Å². The monoisotopic (exact) mass is 310 g/mol. The quantitative estimate of drug-likeness (QED) is 0.563. The molecule has 96 valence electrons. The minimum absolute atomic E-state index is 0.528. The zero-order valence-electron chi connectivity index (χ0n) is 9.74. The van der Waals surface area contributed by atoms with Crippen LogP contribution in [0.15, 0.2) is 54.6 Å². The van der Waals surface area contributed by atoms with E-state index in [1.54, 1.807) is 24.3 Å². The Morgan fingerprint density at radius 3 is 1.47 bits per heavy atom. The van der Waals surface area contributed by atoms with Crippen molar-refractivity contribution in [3.8, 4) is 0 Å². The van der Waals surface area contributed by atoms with Crippen LogP contribution in [0.3, 0.4) is 0 Å². The molecule has 0 spiro atoms. The van der Waals surface area contributed by atoms with Gasteiger partial charge in [0.25, 0.3) is 0 Å². The molecule has 0 saturated heterocycles. The van der Waals surface area contributed by atoms with Gasteiger partial charge in [0.1, 0.15) is 0 Å². The van der Waals surface area contributed by atoms with Crippen LogP contribution in [0.1, 0.15) is 11.1 Å². The third-order valence-corrected chi connectivity index (χ3v) is 3.18. The zero-order valence-corrected chi connectivity index (χ0v) is 12.0. The van der Waals surface area contributed by atoms with Crippen molar-refractivity contribution in [3.63, 3.8) is 0 Å². The van der Waals surface area contributed by atoms with E-state index in [1.807, 2.05) is 24.3 Å². The second kappa shape index (κ2) is 6.25. The normalized spacial score (nSPS) is 10.1. The summed E-state index contributed by atoms with van der Waals surface area (Å²) < 4.78 is 0. The number of benzene rings is 2. The molecule has 0 bridgehead atoms. The van der Waals surface area contributed by atoms with Crippen LogP contribution >= 0.6 is 34.8 Å². The van der Waals surface area contributed by atoms with Gasteiger partial charge < -0.3 is 0 Å². The van der Waals surface area contributed by atoms with E-state index < -0.39 is 5.24 Å². The summed E-state index contributed by atoms with van der Waals surface area (Å²) in [7, 11) is 0. The summed E-state index contributed by atoms with van der Waals surface area (Å²) in [5, 5.41) is 0.743. The molecule has 2 aromatic rings. The maximum absolute atomic E-state index is 11.2. The standard InChI is InChI=1S/C15H9Cl3O/c16-12-5-1-10(2-6-12)14(9-15(18)19)11-3-7-13(17)8-4-11/h1-9H. The SMILES string of the molecule is O=C(Cl)C=C(c1ccc(Cl)cc1)c1ccc(Cl)cc1. The molecule has 0 amide bonds. The third-order valence-electron chi connectivity index (χ3n) is 2.57. The van der Waals surface area contributed by atoms with Gasteiger partial charge in [-0.05, 0) is 52.6 Å². The Morgan fingerprint density at radius 1 is 0.789 bits per heavy atom. The third kappa shape index (κ3) is 3.84. The van der Waals surface area contributed by atoms with Crippen molar-refractivity contribution in [2.75, 3.05) is 0 Å². The Hall–Kier alpha value is -1.28. The van der Waals surface area contributed by atoms with Gasteiger partial charge in [0, 0.05) is 16.1 Å². The molecular formula is C15H9Cl3O. The maximum atomic E-state index is 11.2. The van der Waals surface area contributed by atoms with Crippen molar-refractivity contribution in [1.82, 2.24) is 0 Å². The molecule has 0 aromatic heterocycles. The highest BCUT2D eigenvalue weighted by atomic mass is 35.5. The maximum Gasteiger partial charge on any atom is 0.245 e. The lowest BCUT2D eigenvalue weighted by Gasteiger charge is -2.08. The Bertz CT molecular complexity index is 565. The fraction of sp³-hybridized carbons (Fsp3) is 0. The number of hydrogen-bond donors (Lipinski definition) is 0. The Labute approximate surface area is 126 Å². The molecule has 0 heterocycles. The van der Waals surface area contributed by atoms with E-state index in [0.717, 1.165) is 16.7 Å². The first-order valence-corrected chi connectivity index (χ1v) is 6.63. The fourth-order valence-electron chi connectivity index (χ4n) is 1.71. The second-order valence-corrected chi connectivity index (χ2v) is 5.12. The van der Waals surface area contributed by atoms with E-state index in [1.165, 1.54) is 6.08 Å². The Balaban J connectivity index is 2.50. The summed E-state index contributed by atoms with van der Waals surface area (Å²) in [6.45, 7) is 0. The summed E-state index contributed by atoms with van der Waals surface area (Å²) in [6, 6.07) is 14.4. The van der Waals surface area contributed by atoms with Crippen molar-refractivity contribution < 1.29 is 4.79 Å². The van der Waals surface area contributed by atoms with Gasteiger partial charge in [-0.25, -0.2) is 0 Å². The summed E-state index contributed by atoms with van der Waals surface area (Å²) in [5.74, 6) is 0. The van der Waals surface area contributed by atoms with Gasteiger partial charge in [0.2, 0.25) is 5.24 Å². The summed E-state index contributed by atoms with van der Waals surface area (Å²) in [6.07, 6.45) is 1.38. The minimum Gasteiger partial charge on any atom is -0.276 e. The lowest BCUT2D eigenvalue weighted by molar-refractivity contribution is -0.107. The molecular weight excluding hydrogens is 303 g/mol. The molecule has 0 aliphatic carbocycles. The van der Waals surface area contributed by atoms with E-state index in [9.17, 15) is 4.79 Å². The fourth-order valence-corrected chi connectivity index (χ4v) is 2.07. The van der Waals surface area contributed by atoms with Crippen LogP contribution in [0.2, 0.25) is 10.0 Å². The molecule has 0 radical (unpaired) electrons. The molecule has 1 nitrogen and oxygen atoms in total. The Morgan fingerprint density at radius 2 is 1.16 bits per heavy atom. The topological polar surface area (TPSA) is 17.1 Å². The van der Waals surface area contributed by atoms with Crippen molar-refractivity contribution in [3.05, 3.63) is 75.8 Å². The van der Waals surface area contributed by atoms with Crippen LogP contribution in [-0.2, 0) is 4.79 Å². The van der Waals surface area contributed by atoms with Crippen LogP contribution in [0.5, 0.6) is 0 Å².